The summed E-state index contributed by atoms with van der Waals surface area (Å²) < 4.78 is 11.2. The molecule has 242 valence electrons. The first-order chi connectivity index (χ1) is 22.9. The monoisotopic (exact) mass is 631 g/mol. The molecule has 4 nitrogen and oxygen atoms in total. The normalized spacial score (nSPS) is 11.7. The van der Waals surface area contributed by atoms with Gasteiger partial charge >= 0.3 is 0 Å². The summed E-state index contributed by atoms with van der Waals surface area (Å²) in [5, 5.41) is 7.58. The van der Waals surface area contributed by atoms with Crippen LogP contribution in [0.15, 0.2) is 84.9 Å². The van der Waals surface area contributed by atoms with E-state index in [2.05, 4.69) is 163 Å². The minimum atomic E-state index is 0.321. The molecule has 5 aromatic carbocycles. The van der Waals surface area contributed by atoms with Crippen molar-refractivity contribution in [3.63, 3.8) is 0 Å². The summed E-state index contributed by atoms with van der Waals surface area (Å²) in [4.78, 5) is 0. The van der Waals surface area contributed by atoms with Gasteiger partial charge in [0.25, 0.3) is 0 Å². The Hall–Kier alpha value is -5.09. The molecule has 0 saturated carbocycles. The summed E-state index contributed by atoms with van der Waals surface area (Å²) in [5.74, 6) is 1.93. The van der Waals surface area contributed by atoms with Crippen LogP contribution in [0.5, 0.6) is 11.5 Å². The van der Waals surface area contributed by atoms with Crippen molar-refractivity contribution in [2.45, 2.75) is 75.2 Å². The van der Waals surface area contributed by atoms with Gasteiger partial charge in [0.1, 0.15) is 11.5 Å². The topological polar surface area (TPSA) is 32.0 Å². The van der Waals surface area contributed by atoms with E-state index in [9.17, 15) is 0 Å². The Bertz CT molecular complexity index is 2350. The van der Waals surface area contributed by atoms with Crippen molar-refractivity contribution in [2.75, 3.05) is 0 Å². The minimum absolute atomic E-state index is 0.321. The van der Waals surface area contributed by atoms with Crippen LogP contribution >= 0.6 is 0 Å². The van der Waals surface area contributed by atoms with Crippen molar-refractivity contribution < 1.29 is 4.74 Å². The second-order valence-electron chi connectivity index (χ2n) is 13.8. The van der Waals surface area contributed by atoms with Crippen LogP contribution in [0.25, 0.3) is 44.3 Å². The summed E-state index contributed by atoms with van der Waals surface area (Å²) in [6.45, 7) is 22.1. The molecule has 0 aliphatic rings. The number of hydrogen-bond acceptors (Lipinski definition) is 2. The quantitative estimate of drug-likeness (QED) is 0.183. The lowest BCUT2D eigenvalue weighted by Gasteiger charge is -2.19. The molecule has 0 unspecified atom stereocenters. The molecule has 0 aliphatic heterocycles. The fourth-order valence-electron chi connectivity index (χ4n) is 7.45. The number of ether oxygens (including phenoxy) is 1. The smallest absolute Gasteiger partial charge is 0.129 e. The first-order valence-corrected chi connectivity index (χ1v) is 17.0. The van der Waals surface area contributed by atoms with Crippen LogP contribution in [0.3, 0.4) is 0 Å². The second-order valence-corrected chi connectivity index (χ2v) is 13.8. The van der Waals surface area contributed by atoms with Crippen LogP contribution in [-0.2, 0) is 0 Å². The third kappa shape index (κ3) is 5.11. The molecule has 2 heterocycles. The van der Waals surface area contributed by atoms with Crippen molar-refractivity contribution >= 4 is 21.8 Å². The predicted octanol–water partition coefficient (Wildman–Crippen LogP) is 12.0. The van der Waals surface area contributed by atoms with E-state index < -0.39 is 0 Å². The Kier molecular flexibility index (Phi) is 7.78. The molecular weight excluding hydrogens is 587 g/mol. The number of benzene rings is 5. The van der Waals surface area contributed by atoms with Gasteiger partial charge in [0.15, 0.2) is 0 Å². The summed E-state index contributed by atoms with van der Waals surface area (Å²) in [6, 6.07) is 30.3. The van der Waals surface area contributed by atoms with Gasteiger partial charge in [-0.25, -0.2) is 4.68 Å². The van der Waals surface area contributed by atoms with Gasteiger partial charge in [-0.05, 0) is 148 Å². The molecule has 0 fully saturated rings. The van der Waals surface area contributed by atoms with Crippen LogP contribution in [-0.4, -0.2) is 14.3 Å². The maximum atomic E-state index is 6.74. The van der Waals surface area contributed by atoms with E-state index in [1.54, 1.807) is 0 Å². The number of aryl methyl sites for hydroxylation is 2. The lowest BCUT2D eigenvalue weighted by Crippen LogP contribution is -2.03. The van der Waals surface area contributed by atoms with Crippen LogP contribution in [0, 0.1) is 55.4 Å². The van der Waals surface area contributed by atoms with Crippen molar-refractivity contribution in [3.05, 3.63) is 135 Å². The third-order valence-electron chi connectivity index (χ3n) is 10.5. The standard InChI is InChI=1S/C44H45N3O/c1-25(2)34-21-36(47-33(10)44(32(9)45-47)43-30(7)28(5)27(4)29(6)31(43)8)23-38(22-34)48-37-18-19-40-39-16-11-12-17-41(39)46(42(40)24-37)35-15-13-14-26(3)20-35/h11-25H,1-10H3. The fraction of sp³-hybridized carbons (Fsp3) is 0.250. The summed E-state index contributed by atoms with van der Waals surface area (Å²) >= 11 is 0. The molecule has 0 aliphatic carbocycles. The molecule has 7 aromatic rings. The van der Waals surface area contributed by atoms with Gasteiger partial charge in [0.05, 0.1) is 22.4 Å². The maximum Gasteiger partial charge on any atom is 0.129 e. The van der Waals surface area contributed by atoms with E-state index in [0.717, 1.165) is 39.8 Å². The number of fused-ring (bicyclic) bond motifs is 3. The Labute approximate surface area is 284 Å². The van der Waals surface area contributed by atoms with E-state index in [0.29, 0.717) is 5.92 Å². The molecule has 0 saturated heterocycles. The predicted molar refractivity (Wildman–Crippen MR) is 202 cm³/mol. The zero-order valence-corrected chi connectivity index (χ0v) is 29.9. The third-order valence-corrected chi connectivity index (χ3v) is 10.5. The molecule has 0 radical (unpaired) electrons. The number of hydrogen-bond donors (Lipinski definition) is 0. The van der Waals surface area contributed by atoms with Crippen LogP contribution in [0.2, 0.25) is 0 Å². The lowest BCUT2D eigenvalue weighted by atomic mass is 9.85. The highest BCUT2D eigenvalue weighted by atomic mass is 16.5. The largest absolute Gasteiger partial charge is 0.457 e. The molecular formula is C44H45N3O. The summed E-state index contributed by atoms with van der Waals surface area (Å²) in [7, 11) is 0. The molecule has 2 aromatic heterocycles. The first kappa shape index (κ1) is 31.5. The number of nitrogens with zero attached hydrogens (tertiary/aromatic N) is 3. The molecule has 48 heavy (non-hydrogen) atoms. The zero-order valence-electron chi connectivity index (χ0n) is 29.9. The van der Waals surface area contributed by atoms with E-state index in [1.807, 2.05) is 0 Å². The molecule has 0 spiro atoms. The van der Waals surface area contributed by atoms with Gasteiger partial charge in [-0.1, -0.05) is 44.2 Å². The fourth-order valence-corrected chi connectivity index (χ4v) is 7.45. The Morgan fingerprint density at radius 2 is 1.25 bits per heavy atom. The average molecular weight is 632 g/mol. The molecule has 4 heteroatoms. The van der Waals surface area contributed by atoms with E-state index in [1.165, 1.54) is 66.4 Å². The summed E-state index contributed by atoms with van der Waals surface area (Å²) in [5.41, 5.74) is 18.4. The van der Waals surface area contributed by atoms with E-state index in [4.69, 9.17) is 9.84 Å². The Balaban J connectivity index is 1.35. The second kappa shape index (κ2) is 11.9. The number of aromatic nitrogens is 3. The van der Waals surface area contributed by atoms with Crippen molar-refractivity contribution in [1.82, 2.24) is 14.3 Å². The van der Waals surface area contributed by atoms with Crippen LogP contribution < -0.4 is 4.74 Å². The van der Waals surface area contributed by atoms with Crippen LogP contribution in [0.1, 0.15) is 70.1 Å². The zero-order chi connectivity index (χ0) is 34.0. The minimum Gasteiger partial charge on any atom is -0.457 e. The average Bonchev–Trinajstić information content (AvgIpc) is 3.55. The van der Waals surface area contributed by atoms with Crippen LogP contribution in [0.4, 0.5) is 0 Å². The van der Waals surface area contributed by atoms with Gasteiger partial charge in [0.2, 0.25) is 0 Å². The molecule has 7 rings (SSSR count). The number of para-hydroxylation sites is 1. The van der Waals surface area contributed by atoms with Gasteiger partial charge in [-0.2, -0.15) is 5.10 Å². The maximum absolute atomic E-state index is 6.74. The lowest BCUT2D eigenvalue weighted by molar-refractivity contribution is 0.481. The molecule has 0 amide bonds. The first-order valence-electron chi connectivity index (χ1n) is 17.0. The molecule has 0 bridgehead atoms. The summed E-state index contributed by atoms with van der Waals surface area (Å²) in [6.07, 6.45) is 0. The van der Waals surface area contributed by atoms with Crippen molar-refractivity contribution in [1.29, 1.82) is 0 Å². The van der Waals surface area contributed by atoms with Gasteiger partial charge in [-0.15, -0.1) is 0 Å². The van der Waals surface area contributed by atoms with E-state index in [-0.39, 0.29) is 0 Å². The van der Waals surface area contributed by atoms with Gasteiger partial charge in [0, 0.05) is 39.8 Å². The van der Waals surface area contributed by atoms with Crippen molar-refractivity contribution in [3.8, 4) is 34.0 Å². The Morgan fingerprint density at radius 3 is 1.96 bits per heavy atom. The molecule has 0 atom stereocenters. The van der Waals surface area contributed by atoms with E-state index >= 15 is 0 Å². The Morgan fingerprint density at radius 1 is 0.562 bits per heavy atom. The SMILES string of the molecule is Cc1cccc(-n2c3ccccc3c3ccc(Oc4cc(C(C)C)cc(-n5nc(C)c(-c6c(C)c(C)c(C)c(C)c6C)c5C)c4)cc32)c1. The van der Waals surface area contributed by atoms with Gasteiger partial charge in [-0.3, -0.25) is 0 Å². The highest BCUT2D eigenvalue weighted by Gasteiger charge is 2.22. The highest BCUT2D eigenvalue weighted by molar-refractivity contribution is 6.09. The van der Waals surface area contributed by atoms with Crippen molar-refractivity contribution in [2.24, 2.45) is 0 Å². The highest BCUT2D eigenvalue weighted by Crippen LogP contribution is 2.40. The van der Waals surface area contributed by atoms with Gasteiger partial charge < -0.3 is 9.30 Å². The number of rotatable bonds is 6. The molecule has 0 N–H and O–H groups in total.